The third kappa shape index (κ3) is 2.00. The zero-order valence-corrected chi connectivity index (χ0v) is 15.7. The van der Waals surface area contributed by atoms with E-state index in [1.807, 2.05) is 47.0 Å². The molecule has 2 N–H and O–H groups in total. The molecule has 1 aliphatic rings. The molecule has 0 fully saturated rings. The Bertz CT molecular complexity index is 1510. The van der Waals surface area contributed by atoms with Gasteiger partial charge < -0.3 is 19.6 Å². The number of H-pyrrole nitrogens is 1. The zero-order valence-electron chi connectivity index (χ0n) is 15.7. The van der Waals surface area contributed by atoms with Crippen LogP contribution >= 0.6 is 0 Å². The Balaban J connectivity index is 1.93. The van der Waals surface area contributed by atoms with Gasteiger partial charge in [0, 0.05) is 39.1 Å². The second kappa shape index (κ2) is 5.61. The number of methoxy groups -OCH3 is 1. The summed E-state index contributed by atoms with van der Waals surface area (Å²) in [5.41, 5.74) is 5.43. The van der Waals surface area contributed by atoms with Gasteiger partial charge in [0.15, 0.2) is 0 Å². The zero-order chi connectivity index (χ0) is 19.7. The first kappa shape index (κ1) is 16.2. The molecule has 6 heteroatoms. The van der Waals surface area contributed by atoms with Crippen LogP contribution in [0.15, 0.2) is 48.5 Å². The van der Waals surface area contributed by atoms with E-state index in [9.17, 15) is 9.59 Å². The Morgan fingerprint density at radius 1 is 1.07 bits per heavy atom. The van der Waals surface area contributed by atoms with Crippen LogP contribution in [0, 0.1) is 0 Å². The van der Waals surface area contributed by atoms with Crippen LogP contribution in [0.2, 0.25) is 0 Å². The highest BCUT2D eigenvalue weighted by atomic mass is 16.5. The van der Waals surface area contributed by atoms with E-state index in [0.29, 0.717) is 12.1 Å². The van der Waals surface area contributed by atoms with Gasteiger partial charge in [-0.25, -0.2) is 0 Å². The highest BCUT2D eigenvalue weighted by molar-refractivity contribution is 6.30. The molecule has 1 aliphatic heterocycles. The van der Waals surface area contributed by atoms with Gasteiger partial charge in [-0.05, 0) is 17.7 Å². The molecule has 0 saturated carbocycles. The number of ether oxygens (including phenoxy) is 1. The second-order valence-electron chi connectivity index (χ2n) is 7.36. The van der Waals surface area contributed by atoms with Crippen LogP contribution in [0.1, 0.15) is 15.9 Å². The molecule has 1 amide bonds. The first-order valence-electron chi connectivity index (χ1n) is 9.50. The van der Waals surface area contributed by atoms with E-state index in [0.717, 1.165) is 49.2 Å². The third-order valence-corrected chi connectivity index (χ3v) is 5.94. The number of esters is 1. The van der Waals surface area contributed by atoms with Crippen LogP contribution in [0.3, 0.4) is 0 Å². The Morgan fingerprint density at radius 2 is 1.83 bits per heavy atom. The molecule has 0 aliphatic carbocycles. The van der Waals surface area contributed by atoms with Gasteiger partial charge in [-0.3, -0.25) is 9.59 Å². The smallest absolute Gasteiger partial charge is 0.325 e. The maximum atomic E-state index is 12.9. The minimum Gasteiger partial charge on any atom is -0.468 e. The Kier molecular flexibility index (Phi) is 3.13. The van der Waals surface area contributed by atoms with Crippen LogP contribution in [-0.4, -0.2) is 28.5 Å². The minimum absolute atomic E-state index is 0.0712. The van der Waals surface area contributed by atoms with Crippen LogP contribution in [0.25, 0.3) is 43.6 Å². The van der Waals surface area contributed by atoms with Crippen molar-refractivity contribution in [2.45, 2.75) is 13.1 Å². The number of rotatable bonds is 2. The molecule has 0 radical (unpaired) electrons. The SMILES string of the molecule is COC(=O)Cn1c2ccccc2c2c3c(c4c5ccccc5[nH]c4c21)CNC3=O. The molecular weight excluding hydrogens is 366 g/mol. The van der Waals surface area contributed by atoms with E-state index >= 15 is 0 Å². The third-order valence-electron chi connectivity index (χ3n) is 5.94. The van der Waals surface area contributed by atoms with Crippen LogP contribution in [0.5, 0.6) is 0 Å². The van der Waals surface area contributed by atoms with Crippen LogP contribution in [0.4, 0.5) is 0 Å². The molecule has 29 heavy (non-hydrogen) atoms. The lowest BCUT2D eigenvalue weighted by Gasteiger charge is -2.08. The first-order valence-corrected chi connectivity index (χ1v) is 9.50. The quantitative estimate of drug-likeness (QED) is 0.455. The number of aromatic nitrogens is 2. The normalized spacial score (nSPS) is 13.5. The van der Waals surface area contributed by atoms with E-state index in [2.05, 4.69) is 16.4 Å². The fourth-order valence-electron chi connectivity index (χ4n) is 4.77. The summed E-state index contributed by atoms with van der Waals surface area (Å²) in [6.45, 7) is 0.574. The number of nitrogens with zero attached hydrogens (tertiary/aromatic N) is 1. The molecule has 0 atom stereocenters. The summed E-state index contributed by atoms with van der Waals surface area (Å²) < 4.78 is 6.92. The number of benzene rings is 3. The van der Waals surface area contributed by atoms with E-state index in [1.54, 1.807) is 0 Å². The summed E-state index contributed by atoms with van der Waals surface area (Å²) in [4.78, 5) is 28.7. The predicted molar refractivity (Wildman–Crippen MR) is 112 cm³/mol. The van der Waals surface area contributed by atoms with Gasteiger partial charge in [-0.1, -0.05) is 36.4 Å². The molecule has 0 bridgehead atoms. The number of para-hydroxylation sites is 2. The molecule has 2 aromatic heterocycles. The summed E-state index contributed by atoms with van der Waals surface area (Å²) in [7, 11) is 1.39. The fraction of sp³-hybridized carbons (Fsp3) is 0.130. The molecule has 0 saturated heterocycles. The van der Waals surface area contributed by atoms with E-state index in [-0.39, 0.29) is 18.4 Å². The number of fused-ring (bicyclic) bond motifs is 10. The average molecular weight is 383 g/mol. The second-order valence-corrected chi connectivity index (χ2v) is 7.36. The highest BCUT2D eigenvalue weighted by Crippen LogP contribution is 2.43. The standard InChI is InChI=1S/C23H17N3O3/c1-29-17(27)11-26-16-9-5-3-7-13(16)19-20-14(10-24-23(20)28)18-12-6-2-4-8-15(12)25-21(18)22(19)26/h2-9,25H,10-11H2,1H3,(H,24,28). The highest BCUT2D eigenvalue weighted by Gasteiger charge is 2.30. The Morgan fingerprint density at radius 3 is 2.66 bits per heavy atom. The molecule has 6 rings (SSSR count). The molecule has 5 aromatic rings. The van der Waals surface area contributed by atoms with Gasteiger partial charge in [0.1, 0.15) is 6.54 Å². The van der Waals surface area contributed by atoms with Crippen molar-refractivity contribution in [1.29, 1.82) is 0 Å². The number of hydrogen-bond donors (Lipinski definition) is 2. The van der Waals surface area contributed by atoms with Gasteiger partial charge in [0.2, 0.25) is 0 Å². The van der Waals surface area contributed by atoms with E-state index < -0.39 is 0 Å². The molecule has 0 unspecified atom stereocenters. The monoisotopic (exact) mass is 383 g/mol. The van der Waals surface area contributed by atoms with Crippen molar-refractivity contribution in [2.75, 3.05) is 7.11 Å². The van der Waals surface area contributed by atoms with Gasteiger partial charge in [-0.2, -0.15) is 0 Å². The molecule has 0 spiro atoms. The van der Waals surface area contributed by atoms with Gasteiger partial charge >= 0.3 is 5.97 Å². The van der Waals surface area contributed by atoms with Gasteiger partial charge in [-0.15, -0.1) is 0 Å². The number of aromatic amines is 1. The number of amides is 1. The maximum absolute atomic E-state index is 12.9. The number of carbonyl (C=O) groups excluding carboxylic acids is 2. The van der Waals surface area contributed by atoms with Crippen molar-refractivity contribution in [3.05, 3.63) is 59.7 Å². The average Bonchev–Trinajstić information content (AvgIpc) is 3.40. The molecule has 6 nitrogen and oxygen atoms in total. The molecular formula is C23H17N3O3. The van der Waals surface area contributed by atoms with E-state index in [4.69, 9.17) is 4.74 Å². The largest absolute Gasteiger partial charge is 0.468 e. The lowest BCUT2D eigenvalue weighted by Crippen LogP contribution is -2.13. The Hall–Kier alpha value is -3.80. The van der Waals surface area contributed by atoms with Crippen LogP contribution in [-0.2, 0) is 22.6 Å². The minimum atomic E-state index is -0.332. The topological polar surface area (TPSA) is 76.1 Å². The van der Waals surface area contributed by atoms with Gasteiger partial charge in [0.25, 0.3) is 5.91 Å². The number of hydrogen-bond acceptors (Lipinski definition) is 3. The van der Waals surface area contributed by atoms with Crippen molar-refractivity contribution in [1.82, 2.24) is 14.9 Å². The fourth-order valence-corrected chi connectivity index (χ4v) is 4.77. The van der Waals surface area contributed by atoms with Crippen molar-refractivity contribution >= 4 is 55.5 Å². The summed E-state index contributed by atoms with van der Waals surface area (Å²) >= 11 is 0. The van der Waals surface area contributed by atoms with Crippen molar-refractivity contribution in [2.24, 2.45) is 0 Å². The lowest BCUT2D eigenvalue weighted by molar-refractivity contribution is -0.141. The predicted octanol–water partition coefficient (Wildman–Crippen LogP) is 3.85. The summed E-state index contributed by atoms with van der Waals surface area (Å²) in [6, 6.07) is 16.0. The molecule has 142 valence electrons. The number of carbonyl (C=O) groups is 2. The van der Waals surface area contributed by atoms with Crippen LogP contribution < -0.4 is 5.32 Å². The maximum Gasteiger partial charge on any atom is 0.325 e. The van der Waals surface area contributed by atoms with Crippen molar-refractivity contribution < 1.29 is 14.3 Å². The van der Waals surface area contributed by atoms with Crippen molar-refractivity contribution in [3.8, 4) is 0 Å². The summed E-state index contributed by atoms with van der Waals surface area (Å²) in [5.74, 6) is -0.403. The van der Waals surface area contributed by atoms with E-state index in [1.165, 1.54) is 7.11 Å². The lowest BCUT2D eigenvalue weighted by atomic mass is 9.97. The summed E-state index contributed by atoms with van der Waals surface area (Å²) in [5, 5.41) is 6.95. The van der Waals surface area contributed by atoms with Gasteiger partial charge in [0.05, 0.1) is 23.7 Å². The Labute approximate surface area is 165 Å². The summed E-state index contributed by atoms with van der Waals surface area (Å²) in [6.07, 6.45) is 0. The number of nitrogens with one attached hydrogen (secondary N) is 2. The van der Waals surface area contributed by atoms with Crippen molar-refractivity contribution in [3.63, 3.8) is 0 Å². The molecule has 3 heterocycles. The molecule has 3 aromatic carbocycles. The first-order chi connectivity index (χ1) is 14.2.